The molecule has 0 radical (unpaired) electrons. The van der Waals surface area contributed by atoms with Gasteiger partial charge in [0, 0.05) is 73.7 Å². The number of likely N-dealkylation sites (tertiary alicyclic amines) is 1. The van der Waals surface area contributed by atoms with Crippen molar-refractivity contribution >= 4 is 28.2 Å². The molecule has 3 unspecified atom stereocenters. The SMILES string of the molecule is C/C1=C/C=C/C(C)[C@H](O)[C@@H](C)C(O)[C@@H](C)[C@H](O)CC/C=C/OC2(C)Oc3c(C)c(O)c4c(O)c(c5c(c4c3C2=O)NC2(CCN(CC(C)C)CC2)N=5)=NC1=O. The Morgan fingerprint density at radius 3 is 2.35 bits per heavy atom. The van der Waals surface area contributed by atoms with Gasteiger partial charge in [0.05, 0.1) is 41.2 Å². The summed E-state index contributed by atoms with van der Waals surface area (Å²) in [6.45, 7) is 16.6. The van der Waals surface area contributed by atoms with E-state index >= 15 is 0 Å². The number of Topliss-reactive ketones (excluding diaryl/α,β-unsaturated/α-hetero) is 1. The lowest BCUT2D eigenvalue weighted by Gasteiger charge is -2.38. The first kappa shape index (κ1) is 40.4. The first-order chi connectivity index (χ1) is 25.9. The van der Waals surface area contributed by atoms with Gasteiger partial charge in [0.1, 0.15) is 27.9 Å². The zero-order valence-corrected chi connectivity index (χ0v) is 33.1. The Morgan fingerprint density at radius 2 is 1.67 bits per heavy atom. The van der Waals surface area contributed by atoms with Crippen molar-refractivity contribution in [1.29, 1.82) is 0 Å². The second kappa shape index (κ2) is 15.3. The predicted octanol–water partition coefficient (Wildman–Crippen LogP) is 4.31. The molecular weight excluding hydrogens is 704 g/mol. The number of piperidine rings is 1. The number of amides is 1. The summed E-state index contributed by atoms with van der Waals surface area (Å²) in [4.78, 5) is 40.0. The molecule has 1 fully saturated rings. The van der Waals surface area contributed by atoms with Crippen LogP contribution in [0.4, 0.5) is 5.69 Å². The molecule has 5 bridgehead atoms. The average molecular weight is 761 g/mol. The van der Waals surface area contributed by atoms with Gasteiger partial charge in [-0.3, -0.25) is 14.6 Å². The van der Waals surface area contributed by atoms with E-state index in [0.717, 1.165) is 19.6 Å². The van der Waals surface area contributed by atoms with Crippen molar-refractivity contribution in [2.24, 2.45) is 33.7 Å². The lowest BCUT2D eigenvalue weighted by molar-refractivity contribution is -0.114. The lowest BCUT2D eigenvalue weighted by atomic mass is 9.81. The minimum absolute atomic E-state index is 0.0616. The van der Waals surface area contributed by atoms with Crippen molar-refractivity contribution in [2.45, 2.75) is 111 Å². The van der Waals surface area contributed by atoms with Gasteiger partial charge in [-0.25, -0.2) is 4.99 Å². The van der Waals surface area contributed by atoms with Crippen LogP contribution < -0.4 is 20.8 Å². The summed E-state index contributed by atoms with van der Waals surface area (Å²) in [7, 11) is 0. The molecule has 5 aliphatic heterocycles. The number of nitrogens with zero attached hydrogens (tertiary/aromatic N) is 3. The monoisotopic (exact) mass is 760 g/mol. The maximum atomic E-state index is 14.4. The molecular formula is C42H56N4O9. The first-order valence-electron chi connectivity index (χ1n) is 19.4. The van der Waals surface area contributed by atoms with Crippen molar-refractivity contribution in [3.8, 4) is 17.2 Å². The fraction of sp³-hybridized carbons (Fsp3) is 0.571. The minimum Gasteiger partial charge on any atom is -0.507 e. The molecule has 2 aromatic rings. The van der Waals surface area contributed by atoms with Crippen molar-refractivity contribution in [3.63, 3.8) is 0 Å². The smallest absolute Gasteiger partial charge is 0.312 e. The molecule has 1 saturated heterocycles. The van der Waals surface area contributed by atoms with Crippen molar-refractivity contribution < 1.29 is 44.6 Å². The zero-order chi connectivity index (χ0) is 40.1. The molecule has 2 aromatic carbocycles. The number of phenolic OH excluding ortho intramolecular Hbond substituents is 2. The number of hydrogen-bond donors (Lipinski definition) is 6. The van der Waals surface area contributed by atoms with Crippen LogP contribution in [0.2, 0.25) is 0 Å². The van der Waals surface area contributed by atoms with Gasteiger partial charge in [0.15, 0.2) is 5.75 Å². The number of aliphatic hydroxyl groups excluding tert-OH is 3. The Morgan fingerprint density at radius 1 is 0.982 bits per heavy atom. The van der Waals surface area contributed by atoms with Crippen LogP contribution in [0.3, 0.4) is 0 Å². The summed E-state index contributed by atoms with van der Waals surface area (Å²) in [5.41, 5.74) is 0.0648. The number of aromatic hydroxyl groups is 2. The van der Waals surface area contributed by atoms with E-state index in [4.69, 9.17) is 14.5 Å². The van der Waals surface area contributed by atoms with Gasteiger partial charge < -0.3 is 45.2 Å². The van der Waals surface area contributed by atoms with Crippen LogP contribution in [0.25, 0.3) is 10.8 Å². The molecule has 5 heterocycles. The third kappa shape index (κ3) is 7.39. The number of fused-ring (bicyclic) bond motifs is 13. The van der Waals surface area contributed by atoms with Crippen LogP contribution in [-0.2, 0) is 9.53 Å². The highest BCUT2D eigenvalue weighted by Gasteiger charge is 2.50. The van der Waals surface area contributed by atoms with Gasteiger partial charge >= 0.3 is 5.79 Å². The number of carbonyl (C=O) groups is 2. The molecule has 13 nitrogen and oxygen atoms in total. The molecule has 13 heteroatoms. The first-order valence-corrected chi connectivity index (χ1v) is 19.4. The largest absolute Gasteiger partial charge is 0.507 e. The van der Waals surface area contributed by atoms with E-state index in [0.29, 0.717) is 30.9 Å². The molecule has 0 saturated carbocycles. The Kier molecular flexibility index (Phi) is 11.2. The normalized spacial score (nSPS) is 32.3. The lowest BCUT2D eigenvalue weighted by Crippen LogP contribution is -2.47. The average Bonchev–Trinajstić information content (AvgIpc) is 3.64. The van der Waals surface area contributed by atoms with Crippen LogP contribution in [0, 0.1) is 30.6 Å². The molecule has 7 atom stereocenters. The Labute approximate surface area is 321 Å². The molecule has 0 aliphatic carbocycles. The Balaban J connectivity index is 1.53. The van der Waals surface area contributed by atoms with Gasteiger partial charge in [-0.1, -0.05) is 52.8 Å². The summed E-state index contributed by atoms with van der Waals surface area (Å²) in [6, 6.07) is 0. The van der Waals surface area contributed by atoms with Crippen LogP contribution in [0.1, 0.15) is 90.1 Å². The number of ether oxygens (including phenoxy) is 2. The Hall–Kier alpha value is -4.30. The predicted molar refractivity (Wildman–Crippen MR) is 207 cm³/mol. The Bertz CT molecular complexity index is 2080. The summed E-state index contributed by atoms with van der Waals surface area (Å²) in [5, 5.41) is 60.5. The summed E-state index contributed by atoms with van der Waals surface area (Å²) >= 11 is 0. The molecule has 1 amide bonds. The van der Waals surface area contributed by atoms with E-state index in [1.807, 2.05) is 0 Å². The summed E-state index contributed by atoms with van der Waals surface area (Å²) < 4.78 is 12.2. The quantitative estimate of drug-likeness (QED) is 0.239. The number of benzene rings is 2. The van der Waals surface area contributed by atoms with Gasteiger partial charge in [-0.15, -0.1) is 0 Å². The maximum absolute atomic E-state index is 14.4. The molecule has 5 aliphatic rings. The van der Waals surface area contributed by atoms with E-state index in [1.165, 1.54) is 13.2 Å². The van der Waals surface area contributed by atoms with Crippen LogP contribution in [0.5, 0.6) is 17.2 Å². The highest BCUT2D eigenvalue weighted by molar-refractivity contribution is 6.21. The summed E-state index contributed by atoms with van der Waals surface area (Å²) in [6.07, 6.45) is 6.91. The molecule has 298 valence electrons. The number of rotatable bonds is 2. The standard InChI is InChI=1S/C42H56N4O9/c1-21(2)20-46-17-15-42(16-18-46)44-31-28-29-36(50)26(7)38-30(28)39(52)41(8,55-38)54-19-10-9-14-27(47)24(5)35(49)25(6)34(48)22(3)12-11-13-23(4)40(53)43-33(37(29)51)32(31)45-42/h10-13,19,21-22,24-25,27,34-35,44,47-51H,9,14-18,20H2,1-8H3/b12-11+,19-10+,23-13-,43-33?/t22?,24-,25+,27+,34-,35?,41?/m0/s1. The highest BCUT2D eigenvalue weighted by atomic mass is 16.7. The van der Waals surface area contributed by atoms with Crippen molar-refractivity contribution in [3.05, 3.63) is 58.0 Å². The number of aliphatic hydroxyl groups is 3. The van der Waals surface area contributed by atoms with Crippen molar-refractivity contribution in [1.82, 2.24) is 4.90 Å². The van der Waals surface area contributed by atoms with E-state index in [1.54, 1.807) is 58.9 Å². The fourth-order valence-corrected chi connectivity index (χ4v) is 8.26. The number of nitrogens with one attached hydrogen (secondary N) is 1. The molecule has 1 spiro atoms. The maximum Gasteiger partial charge on any atom is 0.312 e. The van der Waals surface area contributed by atoms with Crippen LogP contribution in [0.15, 0.2) is 46.1 Å². The number of hydrogen-bond acceptors (Lipinski definition) is 12. The fourth-order valence-electron chi connectivity index (χ4n) is 8.26. The van der Waals surface area contributed by atoms with Gasteiger partial charge in [0.25, 0.3) is 11.7 Å². The second-order valence-corrected chi connectivity index (χ2v) is 16.5. The number of anilines is 1. The number of carbonyl (C=O) groups excluding carboxylic acids is 2. The van der Waals surface area contributed by atoms with Gasteiger partial charge in [-0.05, 0) is 38.7 Å². The second-order valence-electron chi connectivity index (χ2n) is 16.5. The minimum atomic E-state index is -1.84. The highest BCUT2D eigenvalue weighted by Crippen LogP contribution is 2.51. The third-order valence-corrected chi connectivity index (χ3v) is 11.8. The molecule has 6 N–H and O–H groups in total. The summed E-state index contributed by atoms with van der Waals surface area (Å²) in [5.74, 6) is -4.84. The van der Waals surface area contributed by atoms with Gasteiger partial charge in [0.2, 0.25) is 0 Å². The zero-order valence-electron chi connectivity index (χ0n) is 33.1. The topological polar surface area (TPSA) is 194 Å². The van der Waals surface area contributed by atoms with E-state index in [-0.39, 0.29) is 56.1 Å². The number of ketones is 1. The van der Waals surface area contributed by atoms with Crippen molar-refractivity contribution in [2.75, 3.05) is 25.0 Å². The molecule has 55 heavy (non-hydrogen) atoms. The molecule has 0 aromatic heterocycles. The van der Waals surface area contributed by atoms with Crippen LogP contribution in [-0.4, -0.2) is 91.5 Å². The van der Waals surface area contributed by atoms with Gasteiger partial charge in [-0.2, -0.15) is 0 Å². The van der Waals surface area contributed by atoms with Crippen LogP contribution >= 0.6 is 0 Å². The number of allylic oxidation sites excluding steroid dienone is 3. The number of phenols is 2. The molecule has 7 rings (SSSR count). The third-order valence-electron chi connectivity index (χ3n) is 11.8. The van der Waals surface area contributed by atoms with E-state index in [9.17, 15) is 35.1 Å². The van der Waals surface area contributed by atoms with E-state index in [2.05, 4.69) is 29.1 Å². The van der Waals surface area contributed by atoms with E-state index < -0.39 is 65.0 Å².